The standard InChI is InChI=1S/C23H30FN3O/c1-18(23(28)25-14-21-10-6-7-11-22(21)24)26(2)15-20-12-13-27(17-20)16-19-8-4-3-5-9-19/h3-11,18,20H,12-17H2,1-2H3,(H,25,28). The van der Waals surface area contributed by atoms with Crippen LogP contribution >= 0.6 is 0 Å². The number of likely N-dealkylation sites (tertiary alicyclic amines) is 1. The molecule has 2 aromatic rings. The van der Waals surface area contributed by atoms with Gasteiger partial charge in [-0.25, -0.2) is 4.39 Å². The third-order valence-corrected chi connectivity index (χ3v) is 5.62. The molecule has 1 fully saturated rings. The second-order valence-electron chi connectivity index (χ2n) is 7.80. The fourth-order valence-electron chi connectivity index (χ4n) is 3.78. The Kier molecular flexibility index (Phi) is 7.18. The summed E-state index contributed by atoms with van der Waals surface area (Å²) in [6, 6.07) is 16.8. The van der Waals surface area contributed by atoms with Crippen molar-refractivity contribution in [2.24, 2.45) is 5.92 Å². The second-order valence-corrected chi connectivity index (χ2v) is 7.80. The van der Waals surface area contributed by atoms with Crippen molar-refractivity contribution in [1.82, 2.24) is 15.1 Å². The molecule has 5 heteroatoms. The van der Waals surface area contributed by atoms with E-state index in [1.54, 1.807) is 18.2 Å². The van der Waals surface area contributed by atoms with E-state index < -0.39 is 0 Å². The number of carbonyl (C=O) groups is 1. The lowest BCUT2D eigenvalue weighted by atomic mass is 10.1. The molecule has 2 atom stereocenters. The van der Waals surface area contributed by atoms with Crippen LogP contribution in [0, 0.1) is 11.7 Å². The van der Waals surface area contributed by atoms with Gasteiger partial charge in [0, 0.05) is 31.7 Å². The summed E-state index contributed by atoms with van der Waals surface area (Å²) in [4.78, 5) is 17.1. The molecule has 1 saturated heterocycles. The molecule has 0 aliphatic carbocycles. The Morgan fingerprint density at radius 2 is 1.93 bits per heavy atom. The number of hydrogen-bond acceptors (Lipinski definition) is 3. The fraction of sp³-hybridized carbons (Fsp3) is 0.435. The maximum Gasteiger partial charge on any atom is 0.237 e. The summed E-state index contributed by atoms with van der Waals surface area (Å²) in [7, 11) is 1.99. The van der Waals surface area contributed by atoms with Crippen LogP contribution in [0.3, 0.4) is 0 Å². The lowest BCUT2D eigenvalue weighted by Crippen LogP contribution is -2.45. The number of halogens is 1. The molecule has 1 amide bonds. The molecule has 0 radical (unpaired) electrons. The Labute approximate surface area is 167 Å². The third-order valence-electron chi connectivity index (χ3n) is 5.62. The van der Waals surface area contributed by atoms with Gasteiger partial charge in [0.05, 0.1) is 6.04 Å². The van der Waals surface area contributed by atoms with Crippen LogP contribution in [-0.4, -0.2) is 48.4 Å². The average Bonchev–Trinajstić information content (AvgIpc) is 3.14. The van der Waals surface area contributed by atoms with Gasteiger partial charge < -0.3 is 5.32 Å². The van der Waals surface area contributed by atoms with Gasteiger partial charge in [-0.2, -0.15) is 0 Å². The van der Waals surface area contributed by atoms with Gasteiger partial charge in [-0.1, -0.05) is 48.5 Å². The van der Waals surface area contributed by atoms with Crippen molar-refractivity contribution >= 4 is 5.91 Å². The van der Waals surface area contributed by atoms with Crippen molar-refractivity contribution in [2.75, 3.05) is 26.7 Å². The number of likely N-dealkylation sites (N-methyl/N-ethyl adjacent to an activating group) is 1. The predicted molar refractivity (Wildman–Crippen MR) is 110 cm³/mol. The van der Waals surface area contributed by atoms with Crippen LogP contribution in [-0.2, 0) is 17.9 Å². The summed E-state index contributed by atoms with van der Waals surface area (Å²) in [5.74, 6) is 0.216. The summed E-state index contributed by atoms with van der Waals surface area (Å²) < 4.78 is 13.7. The van der Waals surface area contributed by atoms with Gasteiger partial charge in [0.25, 0.3) is 0 Å². The molecule has 4 nitrogen and oxygen atoms in total. The first-order valence-electron chi connectivity index (χ1n) is 10.0. The molecule has 2 aromatic carbocycles. The Bertz CT molecular complexity index is 767. The minimum absolute atomic E-state index is 0.0649. The zero-order chi connectivity index (χ0) is 19.9. The molecule has 28 heavy (non-hydrogen) atoms. The Morgan fingerprint density at radius 3 is 2.68 bits per heavy atom. The first-order chi connectivity index (χ1) is 13.5. The highest BCUT2D eigenvalue weighted by molar-refractivity contribution is 5.81. The summed E-state index contributed by atoms with van der Waals surface area (Å²) in [6.45, 7) is 6.16. The van der Waals surface area contributed by atoms with Crippen LogP contribution in [0.15, 0.2) is 54.6 Å². The van der Waals surface area contributed by atoms with Gasteiger partial charge in [-0.15, -0.1) is 0 Å². The van der Waals surface area contributed by atoms with E-state index in [9.17, 15) is 9.18 Å². The summed E-state index contributed by atoms with van der Waals surface area (Å²) in [6.07, 6.45) is 1.15. The molecule has 1 aliphatic rings. The zero-order valence-electron chi connectivity index (χ0n) is 16.8. The van der Waals surface area contributed by atoms with Crippen molar-refractivity contribution in [3.05, 3.63) is 71.5 Å². The van der Waals surface area contributed by atoms with E-state index in [-0.39, 0.29) is 24.3 Å². The monoisotopic (exact) mass is 383 g/mol. The number of benzene rings is 2. The minimum Gasteiger partial charge on any atom is -0.351 e. The topological polar surface area (TPSA) is 35.6 Å². The normalized spacial score (nSPS) is 18.4. The molecule has 150 valence electrons. The lowest BCUT2D eigenvalue weighted by Gasteiger charge is -2.27. The first-order valence-corrected chi connectivity index (χ1v) is 10.0. The quantitative estimate of drug-likeness (QED) is 0.760. The number of nitrogens with zero attached hydrogens (tertiary/aromatic N) is 2. The lowest BCUT2D eigenvalue weighted by molar-refractivity contribution is -0.125. The summed E-state index contributed by atoms with van der Waals surface area (Å²) in [5, 5.41) is 2.86. The van der Waals surface area contributed by atoms with Crippen LogP contribution in [0.5, 0.6) is 0 Å². The van der Waals surface area contributed by atoms with Crippen molar-refractivity contribution in [3.8, 4) is 0 Å². The summed E-state index contributed by atoms with van der Waals surface area (Å²) >= 11 is 0. The Morgan fingerprint density at radius 1 is 1.21 bits per heavy atom. The van der Waals surface area contributed by atoms with Crippen molar-refractivity contribution < 1.29 is 9.18 Å². The van der Waals surface area contributed by atoms with E-state index in [4.69, 9.17) is 0 Å². The average molecular weight is 384 g/mol. The van der Waals surface area contributed by atoms with Gasteiger partial charge in [0.15, 0.2) is 0 Å². The molecule has 1 aliphatic heterocycles. The molecule has 1 N–H and O–H groups in total. The van der Waals surface area contributed by atoms with Crippen LogP contribution in [0.1, 0.15) is 24.5 Å². The highest BCUT2D eigenvalue weighted by Gasteiger charge is 2.26. The van der Waals surface area contributed by atoms with Gasteiger partial charge in [-0.05, 0) is 44.5 Å². The van der Waals surface area contributed by atoms with E-state index in [2.05, 4.69) is 39.4 Å². The first kappa shape index (κ1) is 20.5. The number of carbonyl (C=O) groups excluding carboxylic acids is 1. The van der Waals surface area contributed by atoms with E-state index in [1.807, 2.05) is 20.0 Å². The summed E-state index contributed by atoms with van der Waals surface area (Å²) in [5.41, 5.74) is 1.86. The van der Waals surface area contributed by atoms with E-state index in [1.165, 1.54) is 11.6 Å². The highest BCUT2D eigenvalue weighted by atomic mass is 19.1. The van der Waals surface area contributed by atoms with Gasteiger partial charge >= 0.3 is 0 Å². The number of amides is 1. The van der Waals surface area contributed by atoms with Crippen LogP contribution in [0.2, 0.25) is 0 Å². The largest absolute Gasteiger partial charge is 0.351 e. The van der Waals surface area contributed by atoms with E-state index in [0.717, 1.165) is 32.6 Å². The molecule has 1 heterocycles. The third kappa shape index (κ3) is 5.63. The van der Waals surface area contributed by atoms with Gasteiger partial charge in [0.2, 0.25) is 5.91 Å². The van der Waals surface area contributed by atoms with E-state index >= 15 is 0 Å². The van der Waals surface area contributed by atoms with Gasteiger partial charge in [0.1, 0.15) is 5.82 Å². The maximum absolute atomic E-state index is 13.7. The molecule has 0 spiro atoms. The molecular formula is C23H30FN3O. The SMILES string of the molecule is CC(C(=O)NCc1ccccc1F)N(C)CC1CCN(Cc2ccccc2)C1. The molecule has 3 rings (SSSR count). The van der Waals surface area contributed by atoms with Crippen LogP contribution in [0.25, 0.3) is 0 Å². The predicted octanol–water partition coefficient (Wildman–Crippen LogP) is 3.28. The number of hydrogen-bond donors (Lipinski definition) is 1. The van der Waals surface area contributed by atoms with Crippen molar-refractivity contribution in [1.29, 1.82) is 0 Å². The molecule has 2 unspecified atom stereocenters. The van der Waals surface area contributed by atoms with Crippen LogP contribution in [0.4, 0.5) is 4.39 Å². The second kappa shape index (κ2) is 9.80. The Balaban J connectivity index is 1.43. The molecular weight excluding hydrogens is 353 g/mol. The van der Waals surface area contributed by atoms with Gasteiger partial charge in [-0.3, -0.25) is 14.6 Å². The smallest absolute Gasteiger partial charge is 0.237 e. The van der Waals surface area contributed by atoms with Crippen molar-refractivity contribution in [2.45, 2.75) is 32.5 Å². The number of nitrogens with one attached hydrogen (secondary N) is 1. The van der Waals surface area contributed by atoms with Crippen LogP contribution < -0.4 is 5.32 Å². The number of rotatable bonds is 8. The van der Waals surface area contributed by atoms with E-state index in [0.29, 0.717) is 11.5 Å². The zero-order valence-corrected chi connectivity index (χ0v) is 16.8. The highest BCUT2D eigenvalue weighted by Crippen LogP contribution is 2.20. The molecule has 0 aromatic heterocycles. The fourth-order valence-corrected chi connectivity index (χ4v) is 3.78. The molecule has 0 bridgehead atoms. The van der Waals surface area contributed by atoms with Crippen molar-refractivity contribution in [3.63, 3.8) is 0 Å². The Hall–Kier alpha value is -2.24. The maximum atomic E-state index is 13.7. The molecule has 0 saturated carbocycles. The minimum atomic E-state index is -0.284.